The summed E-state index contributed by atoms with van der Waals surface area (Å²) in [5.74, 6) is -52.3. The van der Waals surface area contributed by atoms with Gasteiger partial charge >= 0.3 is 70.0 Å². The van der Waals surface area contributed by atoms with Gasteiger partial charge in [0, 0.05) is 12.2 Å². The molecule has 4 rings (SSSR count). The molecule has 0 atom stereocenters. The number of hydrogen-bond acceptors (Lipinski definition) is 4. The highest BCUT2D eigenvalue weighted by Crippen LogP contribution is 2.88. The number of carbonyl (C=O) groups excluding carboxylic acids is 2. The van der Waals surface area contributed by atoms with Gasteiger partial charge in [-0.1, -0.05) is 13.2 Å². The van der Waals surface area contributed by atoms with Gasteiger partial charge in [-0.2, -0.15) is 52.7 Å². The highest BCUT2D eigenvalue weighted by atomic mass is 19.3. The molecule has 4 saturated carbocycles. The molecule has 0 radical (unpaired) electrons. The molecule has 0 N–H and O–H groups in total. The summed E-state index contributed by atoms with van der Waals surface area (Å²) in [4.78, 5) is 22.7. The van der Waals surface area contributed by atoms with Crippen LogP contribution in [0.3, 0.4) is 0 Å². The molecule has 4 nitrogen and oxygen atoms in total. The van der Waals surface area contributed by atoms with E-state index in [2.05, 4.69) is 22.6 Å². The fourth-order valence-electron chi connectivity index (χ4n) is 4.59. The van der Waals surface area contributed by atoms with E-state index in [0.717, 1.165) is 0 Å². The Kier molecular flexibility index (Phi) is 4.44. The molecular formula is C16H6F14O4. The first-order valence-electron chi connectivity index (χ1n) is 8.26. The second kappa shape index (κ2) is 5.80. The summed E-state index contributed by atoms with van der Waals surface area (Å²) >= 11 is 0. The molecule has 18 heteroatoms. The molecule has 0 unspecified atom stereocenters. The van der Waals surface area contributed by atoms with E-state index < -0.39 is 82.2 Å². The Bertz CT molecular complexity index is 907. The predicted molar refractivity (Wildman–Crippen MR) is 75.4 cm³/mol. The van der Waals surface area contributed by atoms with Crippen molar-refractivity contribution >= 4 is 11.9 Å². The van der Waals surface area contributed by atoms with Gasteiger partial charge in [-0.05, 0) is 0 Å². The van der Waals surface area contributed by atoms with Crippen LogP contribution in [0.25, 0.3) is 0 Å². The van der Waals surface area contributed by atoms with Gasteiger partial charge in [0.2, 0.25) is 0 Å². The molecular weight excluding hydrogens is 522 g/mol. The Morgan fingerprint density at radius 2 is 0.706 bits per heavy atom. The number of ether oxygens (including phenoxy) is 2. The summed E-state index contributed by atoms with van der Waals surface area (Å²) in [5, 5.41) is 0. The van der Waals surface area contributed by atoms with Crippen LogP contribution in [0.15, 0.2) is 25.3 Å². The monoisotopic (exact) mass is 528 g/mol. The maximum absolute atomic E-state index is 15.3. The average Bonchev–Trinajstić information content (AvgIpc) is 2.69. The number of rotatable bonds is 4. The van der Waals surface area contributed by atoms with Gasteiger partial charge in [0.05, 0.1) is 0 Å². The summed E-state index contributed by atoms with van der Waals surface area (Å²) in [7, 11) is 0. The normalized spacial score (nSPS) is 43.0. The molecule has 0 aromatic carbocycles. The van der Waals surface area contributed by atoms with Crippen molar-refractivity contribution in [2.45, 2.75) is 58.1 Å². The standard InChI is InChI=1S/C16H6F14O4/c1-3-5(31)33-9-12(21,22)7(17)11(19,20)8(18,13(9,23)24)15(27,28)10(14(7,25)26,16(9,29)30)34-6(32)4-2/h3-4H,1-2H2. The van der Waals surface area contributed by atoms with Gasteiger partial charge in [-0.15, -0.1) is 0 Å². The molecule has 34 heavy (non-hydrogen) atoms. The van der Waals surface area contributed by atoms with Crippen LogP contribution in [-0.2, 0) is 19.1 Å². The number of alkyl halides is 14. The molecule has 0 heterocycles. The minimum atomic E-state index is -7.90. The van der Waals surface area contributed by atoms with Crippen molar-refractivity contribution in [2.24, 2.45) is 0 Å². The molecule has 4 aliphatic rings. The molecule has 0 aromatic rings. The predicted octanol–water partition coefficient (Wildman–Crippen LogP) is 4.19. The Hall–Kier alpha value is -2.56. The number of carbonyl (C=O) groups is 2. The summed E-state index contributed by atoms with van der Waals surface area (Å²) in [6, 6.07) is 0. The maximum atomic E-state index is 15.3. The van der Waals surface area contributed by atoms with Gasteiger partial charge in [-0.25, -0.2) is 18.4 Å². The van der Waals surface area contributed by atoms with Gasteiger partial charge < -0.3 is 9.47 Å². The van der Waals surface area contributed by atoms with Crippen molar-refractivity contribution in [3.8, 4) is 0 Å². The van der Waals surface area contributed by atoms with Crippen LogP contribution in [0, 0.1) is 0 Å². The van der Waals surface area contributed by atoms with E-state index in [1.54, 1.807) is 0 Å². The first kappa shape index (κ1) is 26.1. The van der Waals surface area contributed by atoms with E-state index in [1.807, 2.05) is 0 Å². The minimum Gasteiger partial charge on any atom is -0.436 e. The molecule has 4 fully saturated rings. The van der Waals surface area contributed by atoms with Gasteiger partial charge in [0.15, 0.2) is 0 Å². The van der Waals surface area contributed by atoms with Crippen LogP contribution < -0.4 is 0 Å². The molecule has 0 aliphatic heterocycles. The number of esters is 2. The Morgan fingerprint density at radius 3 is 0.912 bits per heavy atom. The Labute approximate surface area is 177 Å². The zero-order chi connectivity index (χ0) is 27.0. The van der Waals surface area contributed by atoms with Crippen molar-refractivity contribution in [3.63, 3.8) is 0 Å². The van der Waals surface area contributed by atoms with E-state index in [9.17, 15) is 53.5 Å². The lowest BCUT2D eigenvalue weighted by Gasteiger charge is -2.75. The molecule has 192 valence electrons. The number of hydrogen-bond donors (Lipinski definition) is 0. The second-order valence-corrected chi connectivity index (χ2v) is 7.38. The van der Waals surface area contributed by atoms with Crippen LogP contribution in [0.2, 0.25) is 0 Å². The van der Waals surface area contributed by atoms with Crippen LogP contribution in [-0.4, -0.2) is 70.0 Å². The molecule has 0 saturated heterocycles. The van der Waals surface area contributed by atoms with Gasteiger partial charge in [-0.3, -0.25) is 0 Å². The third-order valence-electron chi connectivity index (χ3n) is 6.09. The highest BCUT2D eigenvalue weighted by molar-refractivity contribution is 5.84. The minimum absolute atomic E-state index is 0.548. The van der Waals surface area contributed by atoms with Crippen molar-refractivity contribution in [2.75, 3.05) is 0 Å². The van der Waals surface area contributed by atoms with Crippen LogP contribution >= 0.6 is 0 Å². The third kappa shape index (κ3) is 1.67. The summed E-state index contributed by atoms with van der Waals surface area (Å²) in [6.07, 6.45) is -1.10. The van der Waals surface area contributed by atoms with Crippen LogP contribution in [0.1, 0.15) is 0 Å². The van der Waals surface area contributed by atoms with Crippen LogP contribution in [0.4, 0.5) is 61.5 Å². The highest BCUT2D eigenvalue weighted by Gasteiger charge is 3.24. The quantitative estimate of drug-likeness (QED) is 0.312. The lowest BCUT2D eigenvalue weighted by atomic mass is 9.39. The SMILES string of the molecule is C=CC(=O)OC12C(F)(F)C3(F)C(F)(F)C(F)(C1(F)F)C(F)(F)C(OC(=O)C=C)(C3(F)F)C2(F)F. The summed E-state index contributed by atoms with van der Waals surface area (Å²) in [5.41, 5.74) is -29.8. The molecule has 4 aliphatic carbocycles. The fourth-order valence-corrected chi connectivity index (χ4v) is 4.59. The number of halogens is 14. The van der Waals surface area contributed by atoms with Crippen LogP contribution in [0.5, 0.6) is 0 Å². The second-order valence-electron chi connectivity index (χ2n) is 7.38. The third-order valence-corrected chi connectivity index (χ3v) is 6.09. The van der Waals surface area contributed by atoms with Gasteiger partial charge in [0.25, 0.3) is 0 Å². The average molecular weight is 528 g/mol. The first-order valence-corrected chi connectivity index (χ1v) is 8.26. The van der Waals surface area contributed by atoms with Gasteiger partial charge in [0.1, 0.15) is 0 Å². The lowest BCUT2D eigenvalue weighted by Crippen LogP contribution is -3.11. The topological polar surface area (TPSA) is 52.6 Å². The summed E-state index contributed by atoms with van der Waals surface area (Å²) < 4.78 is 215. The van der Waals surface area contributed by atoms with Crippen molar-refractivity contribution in [3.05, 3.63) is 25.3 Å². The van der Waals surface area contributed by atoms with E-state index in [-0.39, 0.29) is 0 Å². The van der Waals surface area contributed by atoms with Crippen molar-refractivity contribution < 1.29 is 80.5 Å². The fraction of sp³-hybridized carbons (Fsp3) is 0.625. The summed E-state index contributed by atoms with van der Waals surface area (Å²) in [6.45, 7) is 4.72. The molecule has 4 bridgehead atoms. The van der Waals surface area contributed by atoms with E-state index in [0.29, 0.717) is 0 Å². The molecule has 0 spiro atoms. The molecule has 0 aromatic heterocycles. The maximum Gasteiger partial charge on any atom is 0.350 e. The van der Waals surface area contributed by atoms with E-state index >= 15 is 17.6 Å². The van der Waals surface area contributed by atoms with E-state index in [4.69, 9.17) is 0 Å². The smallest absolute Gasteiger partial charge is 0.350 e. The lowest BCUT2D eigenvalue weighted by molar-refractivity contribution is -0.621. The van der Waals surface area contributed by atoms with Crippen molar-refractivity contribution in [1.29, 1.82) is 0 Å². The van der Waals surface area contributed by atoms with Crippen molar-refractivity contribution in [1.82, 2.24) is 0 Å². The zero-order valence-electron chi connectivity index (χ0n) is 15.5. The Balaban J connectivity index is 2.75. The Morgan fingerprint density at radius 1 is 0.471 bits per heavy atom. The largest absolute Gasteiger partial charge is 0.436 e. The molecule has 0 amide bonds. The van der Waals surface area contributed by atoms with E-state index in [1.165, 1.54) is 0 Å². The first-order chi connectivity index (χ1) is 14.9. The zero-order valence-corrected chi connectivity index (χ0v) is 15.5.